The van der Waals surface area contributed by atoms with E-state index in [1.165, 1.54) is 11.1 Å². The van der Waals surface area contributed by atoms with Gasteiger partial charge in [-0.05, 0) is 37.4 Å². The van der Waals surface area contributed by atoms with E-state index in [1.54, 1.807) is 0 Å². The lowest BCUT2D eigenvalue weighted by Gasteiger charge is -2.35. The van der Waals surface area contributed by atoms with Gasteiger partial charge in [-0.2, -0.15) is 0 Å². The molecule has 3 aliphatic rings. The van der Waals surface area contributed by atoms with Crippen molar-refractivity contribution in [3.8, 4) is 0 Å². The van der Waals surface area contributed by atoms with Crippen molar-refractivity contribution < 1.29 is 9.59 Å². The number of para-hydroxylation sites is 1. The van der Waals surface area contributed by atoms with Crippen LogP contribution < -0.4 is 21.7 Å². The number of anilines is 1. The summed E-state index contributed by atoms with van der Waals surface area (Å²) < 4.78 is 0. The Morgan fingerprint density at radius 2 is 2.14 bits per heavy atom. The van der Waals surface area contributed by atoms with Crippen LogP contribution in [0.3, 0.4) is 0 Å². The van der Waals surface area contributed by atoms with Crippen molar-refractivity contribution in [1.82, 2.24) is 15.5 Å². The molecule has 0 aromatic heterocycles. The molecular weight excluding hydrogens is 354 g/mol. The largest absolute Gasteiger partial charge is 0.376 e. The maximum Gasteiger partial charge on any atom is 0.243 e. The third-order valence-corrected chi connectivity index (χ3v) is 5.88. The molecule has 3 unspecified atom stereocenters. The molecule has 3 atom stereocenters. The summed E-state index contributed by atoms with van der Waals surface area (Å²) >= 11 is 0. The van der Waals surface area contributed by atoms with Crippen LogP contribution in [-0.2, 0) is 9.59 Å². The first-order chi connectivity index (χ1) is 13.7. The lowest BCUT2D eigenvalue weighted by molar-refractivity contribution is -0.136. The standard InChI is InChI=1S/C21H29N5O2/c22-8-4-9-23-20(27)14-5-3-10-26(13-14)21(28)18-11-16-15-6-1-2-7-17(15)25-19(16)12-24-18/h1-2,6-7,11,14,18-19,24-25H,3-5,8-10,12-13,22H2,(H,23,27). The molecule has 0 bridgehead atoms. The Morgan fingerprint density at radius 1 is 1.29 bits per heavy atom. The maximum absolute atomic E-state index is 13.1. The number of carbonyl (C=O) groups excluding carboxylic acids is 2. The van der Waals surface area contributed by atoms with Gasteiger partial charge in [-0.15, -0.1) is 0 Å². The lowest BCUT2D eigenvalue weighted by atomic mass is 9.93. The third kappa shape index (κ3) is 3.77. The first kappa shape index (κ1) is 19.0. The summed E-state index contributed by atoms with van der Waals surface area (Å²) in [6, 6.07) is 8.10. The van der Waals surface area contributed by atoms with Crippen LogP contribution in [0.1, 0.15) is 24.8 Å². The SMILES string of the molecule is NCCCNC(=O)C1CCCN(C(=O)C2C=C3c4ccccc4NC3CN2)C1. The van der Waals surface area contributed by atoms with Crippen LogP contribution in [-0.4, -0.2) is 61.5 Å². The highest BCUT2D eigenvalue weighted by molar-refractivity contribution is 5.93. The fraction of sp³-hybridized carbons (Fsp3) is 0.524. The minimum Gasteiger partial charge on any atom is -0.376 e. The number of fused-ring (bicyclic) bond motifs is 3. The average molecular weight is 383 g/mol. The first-order valence-corrected chi connectivity index (χ1v) is 10.2. The molecule has 7 nitrogen and oxygen atoms in total. The number of benzene rings is 1. The molecule has 0 spiro atoms. The predicted molar refractivity (Wildman–Crippen MR) is 110 cm³/mol. The van der Waals surface area contributed by atoms with Crippen molar-refractivity contribution in [2.24, 2.45) is 11.7 Å². The number of piperidine rings is 1. The number of nitrogens with one attached hydrogen (secondary N) is 3. The number of hydrogen-bond donors (Lipinski definition) is 4. The number of hydrogen-bond acceptors (Lipinski definition) is 5. The maximum atomic E-state index is 13.1. The topological polar surface area (TPSA) is 99.5 Å². The highest BCUT2D eigenvalue weighted by Gasteiger charge is 2.36. The van der Waals surface area contributed by atoms with E-state index in [9.17, 15) is 9.59 Å². The number of carbonyl (C=O) groups is 2. The molecule has 4 rings (SSSR count). The summed E-state index contributed by atoms with van der Waals surface area (Å²) in [6.07, 6.45) is 4.52. The second-order valence-electron chi connectivity index (χ2n) is 7.81. The minimum absolute atomic E-state index is 0.0369. The lowest BCUT2D eigenvalue weighted by Crippen LogP contribution is -2.54. The van der Waals surface area contributed by atoms with Gasteiger partial charge in [-0.25, -0.2) is 0 Å². The molecule has 1 saturated heterocycles. The van der Waals surface area contributed by atoms with Gasteiger partial charge in [0.15, 0.2) is 0 Å². The fourth-order valence-electron chi connectivity index (χ4n) is 4.37. The first-order valence-electron chi connectivity index (χ1n) is 10.2. The quantitative estimate of drug-likeness (QED) is 0.556. The molecular formula is C21H29N5O2. The second kappa shape index (κ2) is 8.32. The van der Waals surface area contributed by atoms with Crippen LogP contribution in [0.2, 0.25) is 0 Å². The van der Waals surface area contributed by atoms with Gasteiger partial charge in [0, 0.05) is 37.4 Å². The molecule has 150 valence electrons. The van der Waals surface area contributed by atoms with E-state index < -0.39 is 0 Å². The molecule has 28 heavy (non-hydrogen) atoms. The van der Waals surface area contributed by atoms with E-state index in [4.69, 9.17) is 5.73 Å². The Hall–Kier alpha value is -2.38. The van der Waals surface area contributed by atoms with Crippen LogP contribution in [0, 0.1) is 5.92 Å². The summed E-state index contributed by atoms with van der Waals surface area (Å²) in [5, 5.41) is 9.81. The number of nitrogens with zero attached hydrogens (tertiary/aromatic N) is 1. The summed E-state index contributed by atoms with van der Waals surface area (Å²) in [7, 11) is 0. The number of amides is 2. The summed E-state index contributed by atoms with van der Waals surface area (Å²) in [6.45, 7) is 3.09. The van der Waals surface area contributed by atoms with Crippen molar-refractivity contribution in [2.75, 3.05) is 38.0 Å². The Bertz CT molecular complexity index is 778. The predicted octanol–water partition coefficient (Wildman–Crippen LogP) is 0.540. The fourth-order valence-corrected chi connectivity index (χ4v) is 4.37. The molecule has 0 saturated carbocycles. The average Bonchev–Trinajstić information content (AvgIpc) is 3.11. The molecule has 1 aromatic carbocycles. The molecule has 0 radical (unpaired) electrons. The van der Waals surface area contributed by atoms with Gasteiger partial charge in [0.05, 0.1) is 12.0 Å². The number of rotatable bonds is 5. The van der Waals surface area contributed by atoms with Crippen LogP contribution in [0.5, 0.6) is 0 Å². The van der Waals surface area contributed by atoms with Crippen molar-refractivity contribution in [1.29, 1.82) is 0 Å². The monoisotopic (exact) mass is 383 g/mol. The molecule has 0 aliphatic carbocycles. The van der Waals surface area contributed by atoms with E-state index >= 15 is 0 Å². The van der Waals surface area contributed by atoms with E-state index in [0.29, 0.717) is 32.7 Å². The van der Waals surface area contributed by atoms with E-state index in [2.05, 4.69) is 34.2 Å². The molecule has 3 heterocycles. The Balaban J connectivity index is 1.42. The third-order valence-electron chi connectivity index (χ3n) is 5.88. The highest BCUT2D eigenvalue weighted by atomic mass is 16.2. The van der Waals surface area contributed by atoms with Crippen molar-refractivity contribution in [3.05, 3.63) is 35.9 Å². The van der Waals surface area contributed by atoms with Gasteiger partial charge >= 0.3 is 0 Å². The second-order valence-corrected chi connectivity index (χ2v) is 7.81. The van der Waals surface area contributed by atoms with Gasteiger partial charge in [-0.3, -0.25) is 9.59 Å². The van der Waals surface area contributed by atoms with Crippen LogP contribution in [0.15, 0.2) is 30.3 Å². The molecule has 2 amide bonds. The number of likely N-dealkylation sites (tertiary alicyclic amines) is 1. The Morgan fingerprint density at radius 3 is 3.00 bits per heavy atom. The van der Waals surface area contributed by atoms with Crippen LogP contribution in [0.4, 0.5) is 5.69 Å². The van der Waals surface area contributed by atoms with Crippen molar-refractivity contribution >= 4 is 23.1 Å². The number of nitrogens with two attached hydrogens (primary N) is 1. The smallest absolute Gasteiger partial charge is 0.243 e. The summed E-state index contributed by atoms with van der Waals surface area (Å²) in [5.41, 5.74) is 8.99. The van der Waals surface area contributed by atoms with E-state index in [0.717, 1.165) is 24.9 Å². The molecule has 1 aromatic rings. The summed E-state index contributed by atoms with van der Waals surface area (Å²) in [5.74, 6) is -0.0296. The zero-order valence-corrected chi connectivity index (χ0v) is 16.1. The van der Waals surface area contributed by atoms with Gasteiger partial charge in [0.2, 0.25) is 11.8 Å². The van der Waals surface area contributed by atoms with Gasteiger partial charge in [0.25, 0.3) is 0 Å². The van der Waals surface area contributed by atoms with E-state index in [1.807, 2.05) is 17.0 Å². The van der Waals surface area contributed by atoms with Gasteiger partial charge in [-0.1, -0.05) is 24.3 Å². The molecule has 5 N–H and O–H groups in total. The Labute approximate surface area is 165 Å². The molecule has 3 aliphatic heterocycles. The van der Waals surface area contributed by atoms with Crippen molar-refractivity contribution in [2.45, 2.75) is 31.3 Å². The van der Waals surface area contributed by atoms with Crippen LogP contribution >= 0.6 is 0 Å². The van der Waals surface area contributed by atoms with Crippen molar-refractivity contribution in [3.63, 3.8) is 0 Å². The summed E-state index contributed by atoms with van der Waals surface area (Å²) in [4.78, 5) is 27.4. The van der Waals surface area contributed by atoms with Gasteiger partial charge in [0.1, 0.15) is 6.04 Å². The Kier molecular flexibility index (Phi) is 5.64. The minimum atomic E-state index is -0.335. The zero-order valence-electron chi connectivity index (χ0n) is 16.1. The highest BCUT2D eigenvalue weighted by Crippen LogP contribution is 2.36. The van der Waals surface area contributed by atoms with Crippen LogP contribution in [0.25, 0.3) is 5.57 Å². The zero-order chi connectivity index (χ0) is 19.5. The molecule has 7 heteroatoms. The van der Waals surface area contributed by atoms with Gasteiger partial charge < -0.3 is 26.6 Å². The molecule has 1 fully saturated rings. The normalized spacial score (nSPS) is 26.0. The van der Waals surface area contributed by atoms with E-state index in [-0.39, 0.29) is 29.8 Å².